The predicted octanol–water partition coefficient (Wildman–Crippen LogP) is 7.83. The van der Waals surface area contributed by atoms with E-state index in [-0.39, 0.29) is 18.3 Å². The fraction of sp³-hybridized carbons (Fsp3) is 0.429. The zero-order chi connectivity index (χ0) is 34.9. The van der Waals surface area contributed by atoms with Crippen molar-refractivity contribution in [2.45, 2.75) is 109 Å². The Labute approximate surface area is 289 Å². The first kappa shape index (κ1) is 36.2. The molecule has 4 aromatic rings. The van der Waals surface area contributed by atoms with Gasteiger partial charge >= 0.3 is 0 Å². The molecule has 0 saturated carbocycles. The Morgan fingerprint density at radius 2 is 0.958 bits per heavy atom. The van der Waals surface area contributed by atoms with Gasteiger partial charge in [0.15, 0.2) is 0 Å². The maximum atomic E-state index is 13.1. The van der Waals surface area contributed by atoms with E-state index >= 15 is 0 Å². The van der Waals surface area contributed by atoms with Crippen molar-refractivity contribution in [2.24, 2.45) is 0 Å². The summed E-state index contributed by atoms with van der Waals surface area (Å²) in [7, 11) is -2.97. The van der Waals surface area contributed by atoms with Gasteiger partial charge in [0, 0.05) is 0 Å². The average Bonchev–Trinajstić information content (AvgIpc) is 3.06. The molecule has 4 aromatic carbocycles. The summed E-state index contributed by atoms with van der Waals surface area (Å²) in [6.07, 6.45) is 0. The summed E-state index contributed by atoms with van der Waals surface area (Å²) < 4.78 is 28.5. The first-order chi connectivity index (χ1) is 22.5. The summed E-state index contributed by atoms with van der Waals surface area (Å²) in [6.45, 7) is 19.4. The highest BCUT2D eigenvalue weighted by molar-refractivity contribution is 6.99. The zero-order valence-electron chi connectivity index (χ0n) is 30.2. The molecule has 1 fully saturated rings. The molecular weight excluding hydrogens is 613 g/mol. The van der Waals surface area contributed by atoms with E-state index < -0.39 is 36.3 Å². The third kappa shape index (κ3) is 6.12. The standard InChI is InChI=1S/C42H54O5Si/c1-37(2,3)48(35-26-18-12-19-27-35,36-28-20-13-21-29-36)46-32-39(6)42(9,45-31-34-24-16-11-17-25-34)40(7,43)41(8,38(4,5)47-39)44-30-33-22-14-10-15-23-33/h10-29,43H,30-32H2,1-9H3. The van der Waals surface area contributed by atoms with Crippen LogP contribution in [-0.2, 0) is 31.9 Å². The monoisotopic (exact) mass is 666 g/mol. The van der Waals surface area contributed by atoms with Crippen molar-refractivity contribution < 1.29 is 23.7 Å². The molecule has 1 N–H and O–H groups in total. The fourth-order valence-electron chi connectivity index (χ4n) is 7.70. The van der Waals surface area contributed by atoms with Crippen molar-refractivity contribution in [2.75, 3.05) is 6.61 Å². The van der Waals surface area contributed by atoms with E-state index in [2.05, 4.69) is 69.3 Å². The topological polar surface area (TPSA) is 57.2 Å². The van der Waals surface area contributed by atoms with Gasteiger partial charge in [-0.3, -0.25) is 0 Å². The SMILES string of the molecule is CC1(C)OC(C)(CO[Si](c2ccccc2)(c2ccccc2)C(C)(C)C)C(C)(OCc2ccccc2)C(C)(O)C1(C)OCc1ccccc1. The van der Waals surface area contributed by atoms with E-state index in [9.17, 15) is 5.11 Å². The van der Waals surface area contributed by atoms with Crippen LogP contribution in [0.1, 0.15) is 73.4 Å². The minimum Gasteiger partial charge on any atom is -0.404 e. The summed E-state index contributed by atoms with van der Waals surface area (Å²) in [4.78, 5) is 0. The highest BCUT2D eigenvalue weighted by Crippen LogP contribution is 2.57. The van der Waals surface area contributed by atoms with Gasteiger partial charge in [-0.1, -0.05) is 142 Å². The second-order valence-corrected chi connectivity index (χ2v) is 19.8. The second-order valence-electron chi connectivity index (χ2n) is 15.5. The zero-order valence-corrected chi connectivity index (χ0v) is 31.2. The molecule has 48 heavy (non-hydrogen) atoms. The van der Waals surface area contributed by atoms with Crippen LogP contribution in [0.5, 0.6) is 0 Å². The quantitative estimate of drug-likeness (QED) is 0.165. The lowest BCUT2D eigenvalue weighted by Crippen LogP contribution is -2.85. The third-order valence-corrected chi connectivity index (χ3v) is 16.2. The lowest BCUT2D eigenvalue weighted by molar-refractivity contribution is -0.416. The van der Waals surface area contributed by atoms with Crippen molar-refractivity contribution >= 4 is 18.7 Å². The molecule has 5 nitrogen and oxygen atoms in total. The summed E-state index contributed by atoms with van der Waals surface area (Å²) >= 11 is 0. The van der Waals surface area contributed by atoms with Crippen LogP contribution in [0.2, 0.25) is 5.04 Å². The molecular formula is C42H54O5Si. The molecule has 1 heterocycles. The first-order valence-electron chi connectivity index (χ1n) is 17.1. The van der Waals surface area contributed by atoms with Crippen LogP contribution in [0.4, 0.5) is 0 Å². The van der Waals surface area contributed by atoms with Gasteiger partial charge in [-0.25, -0.2) is 0 Å². The van der Waals surface area contributed by atoms with Crippen LogP contribution in [0.3, 0.4) is 0 Å². The fourth-order valence-corrected chi connectivity index (χ4v) is 12.3. The van der Waals surface area contributed by atoms with Crippen molar-refractivity contribution in [3.8, 4) is 0 Å². The number of ether oxygens (including phenoxy) is 3. The van der Waals surface area contributed by atoms with E-state index in [4.69, 9.17) is 18.6 Å². The molecule has 5 rings (SSSR count). The summed E-state index contributed by atoms with van der Waals surface area (Å²) in [6, 6.07) is 41.3. The number of aliphatic hydroxyl groups is 1. The maximum Gasteiger partial charge on any atom is 0.261 e. The lowest BCUT2D eigenvalue weighted by atomic mass is 9.58. The molecule has 1 aliphatic heterocycles. The van der Waals surface area contributed by atoms with Gasteiger partial charge in [-0.15, -0.1) is 0 Å². The molecule has 6 heteroatoms. The van der Waals surface area contributed by atoms with Crippen molar-refractivity contribution in [3.63, 3.8) is 0 Å². The van der Waals surface area contributed by atoms with Crippen LogP contribution in [0, 0.1) is 0 Å². The molecule has 4 unspecified atom stereocenters. The number of hydrogen-bond donors (Lipinski definition) is 1. The molecule has 0 aromatic heterocycles. The molecule has 0 radical (unpaired) electrons. The van der Waals surface area contributed by atoms with Crippen molar-refractivity contribution in [3.05, 3.63) is 132 Å². The van der Waals surface area contributed by atoms with Gasteiger partial charge in [0.05, 0.1) is 25.4 Å². The number of rotatable bonds is 11. The van der Waals surface area contributed by atoms with E-state index in [1.807, 2.05) is 114 Å². The molecule has 0 aliphatic carbocycles. The highest BCUT2D eigenvalue weighted by Gasteiger charge is 2.75. The van der Waals surface area contributed by atoms with Crippen LogP contribution in [0.25, 0.3) is 0 Å². The normalized spacial score (nSPS) is 27.5. The summed E-state index contributed by atoms with van der Waals surface area (Å²) in [5.74, 6) is 0. The minimum absolute atomic E-state index is 0.180. The molecule has 1 aliphatic rings. The highest BCUT2D eigenvalue weighted by atomic mass is 28.4. The smallest absolute Gasteiger partial charge is 0.261 e. The first-order valence-corrected chi connectivity index (χ1v) is 19.0. The van der Waals surface area contributed by atoms with Gasteiger partial charge < -0.3 is 23.7 Å². The maximum absolute atomic E-state index is 13.1. The lowest BCUT2D eigenvalue weighted by Gasteiger charge is -2.68. The van der Waals surface area contributed by atoms with Gasteiger partial charge in [0.25, 0.3) is 8.32 Å². The Balaban J connectivity index is 1.62. The van der Waals surface area contributed by atoms with Crippen LogP contribution >= 0.6 is 0 Å². The Hall–Kier alpha value is -3.10. The van der Waals surface area contributed by atoms with E-state index in [1.54, 1.807) is 0 Å². The van der Waals surface area contributed by atoms with Crippen molar-refractivity contribution in [1.29, 1.82) is 0 Å². The van der Waals surface area contributed by atoms with Gasteiger partial charge in [-0.05, 0) is 68.1 Å². The van der Waals surface area contributed by atoms with E-state index in [0.717, 1.165) is 11.1 Å². The second kappa shape index (κ2) is 13.3. The number of hydrogen-bond acceptors (Lipinski definition) is 5. The number of benzene rings is 4. The third-order valence-electron chi connectivity index (χ3n) is 11.2. The molecule has 256 valence electrons. The summed E-state index contributed by atoms with van der Waals surface area (Å²) in [5.41, 5.74) is -4.07. The predicted molar refractivity (Wildman–Crippen MR) is 197 cm³/mol. The van der Waals surface area contributed by atoms with E-state index in [0.29, 0.717) is 6.61 Å². The van der Waals surface area contributed by atoms with Gasteiger partial charge in [-0.2, -0.15) is 0 Å². The average molecular weight is 667 g/mol. The van der Waals surface area contributed by atoms with Crippen LogP contribution in [-0.4, -0.2) is 48.0 Å². The Kier molecular flexibility index (Phi) is 10.0. The molecule has 4 atom stereocenters. The van der Waals surface area contributed by atoms with Gasteiger partial charge in [0.1, 0.15) is 22.4 Å². The molecule has 0 bridgehead atoms. The van der Waals surface area contributed by atoms with Gasteiger partial charge in [0.2, 0.25) is 0 Å². The molecule has 0 spiro atoms. The Morgan fingerprint density at radius 3 is 1.35 bits per heavy atom. The largest absolute Gasteiger partial charge is 0.404 e. The van der Waals surface area contributed by atoms with E-state index in [1.165, 1.54) is 10.4 Å². The summed E-state index contributed by atoms with van der Waals surface area (Å²) in [5, 5.41) is 15.2. The van der Waals surface area contributed by atoms with Crippen LogP contribution in [0.15, 0.2) is 121 Å². The van der Waals surface area contributed by atoms with Crippen molar-refractivity contribution in [1.82, 2.24) is 0 Å². The Morgan fingerprint density at radius 1 is 0.583 bits per heavy atom. The minimum atomic E-state index is -2.97. The molecule has 1 saturated heterocycles. The van der Waals surface area contributed by atoms with Crippen LogP contribution < -0.4 is 10.4 Å². The Bertz CT molecular complexity index is 1580. The molecule has 0 amide bonds.